The van der Waals surface area contributed by atoms with E-state index >= 15 is 0 Å². The molecule has 4 rings (SSSR count). The summed E-state index contributed by atoms with van der Waals surface area (Å²) in [6.07, 6.45) is 6.68. The molecule has 6 heteroatoms. The van der Waals surface area contributed by atoms with Crippen LogP contribution in [0.5, 0.6) is 0 Å². The number of aromatic amines is 1. The number of H-pyrrole nitrogens is 1. The van der Waals surface area contributed by atoms with Crippen LogP contribution in [0.1, 0.15) is 59.6 Å². The molecule has 2 fully saturated rings. The van der Waals surface area contributed by atoms with Gasteiger partial charge in [0.15, 0.2) is 0 Å². The maximum absolute atomic E-state index is 12.8. The Morgan fingerprint density at radius 2 is 2.04 bits per heavy atom. The molecule has 6 nitrogen and oxygen atoms in total. The van der Waals surface area contributed by atoms with Gasteiger partial charge in [-0.3, -0.25) is 4.79 Å². The smallest absolute Gasteiger partial charge is 0.253 e. The Hall–Kier alpha value is -2.21. The number of carbonyl (C=O) groups is 1. The van der Waals surface area contributed by atoms with Crippen molar-refractivity contribution >= 4 is 5.91 Å². The minimum Gasteiger partial charge on any atom is -0.382 e. The van der Waals surface area contributed by atoms with Crippen LogP contribution < -0.4 is 0 Å². The van der Waals surface area contributed by atoms with E-state index < -0.39 is 5.60 Å². The van der Waals surface area contributed by atoms with E-state index in [-0.39, 0.29) is 12.5 Å². The fourth-order valence-corrected chi connectivity index (χ4v) is 3.67. The molecule has 0 bridgehead atoms. The summed E-state index contributed by atoms with van der Waals surface area (Å²) >= 11 is 0. The number of nitrogens with zero attached hydrogens (tertiary/aromatic N) is 3. The number of β-amino-alcohol motifs (C(OH)–C–C–N with tert-alkyl or cyclic N) is 1. The van der Waals surface area contributed by atoms with Crippen LogP contribution in [-0.4, -0.2) is 44.4 Å². The number of nitrogens with one attached hydrogen (secondary N) is 1. The maximum atomic E-state index is 12.8. The molecule has 2 heterocycles. The number of hydrogen-bond donors (Lipinski definition) is 2. The first-order valence-electron chi connectivity index (χ1n) is 8.64. The monoisotopic (exact) mass is 326 g/mol. The lowest BCUT2D eigenvalue weighted by molar-refractivity contribution is -0.0320. The van der Waals surface area contributed by atoms with Crippen LogP contribution in [0.2, 0.25) is 0 Å². The molecule has 0 spiro atoms. The number of hydrogen-bond acceptors (Lipinski definition) is 4. The van der Waals surface area contributed by atoms with Gasteiger partial charge in [0.2, 0.25) is 0 Å². The fraction of sp³-hybridized carbons (Fsp3) is 0.500. The van der Waals surface area contributed by atoms with E-state index in [4.69, 9.17) is 0 Å². The van der Waals surface area contributed by atoms with Gasteiger partial charge >= 0.3 is 0 Å². The first kappa shape index (κ1) is 15.3. The number of aromatic nitrogens is 3. The van der Waals surface area contributed by atoms with Crippen LogP contribution in [0.15, 0.2) is 30.5 Å². The predicted molar refractivity (Wildman–Crippen MR) is 88.5 cm³/mol. The van der Waals surface area contributed by atoms with Crippen LogP contribution in [-0.2, 0) is 5.60 Å². The molecule has 1 amide bonds. The molecule has 2 N–H and O–H groups in total. The Balaban J connectivity index is 1.49. The highest BCUT2D eigenvalue weighted by Crippen LogP contribution is 2.36. The van der Waals surface area contributed by atoms with E-state index in [1.807, 2.05) is 12.1 Å². The maximum Gasteiger partial charge on any atom is 0.253 e. The third-order valence-electron chi connectivity index (χ3n) is 5.38. The second-order valence-electron chi connectivity index (χ2n) is 6.97. The van der Waals surface area contributed by atoms with Gasteiger partial charge in [-0.05, 0) is 49.3 Å². The molecule has 1 aromatic carbocycles. The normalized spacial score (nSPS) is 24.6. The molecular formula is C18H22N4O2. The highest BCUT2D eigenvalue weighted by molar-refractivity contribution is 5.94. The lowest BCUT2D eigenvalue weighted by atomic mass is 9.80. The van der Waals surface area contributed by atoms with Crippen LogP contribution in [0.4, 0.5) is 0 Å². The molecule has 0 radical (unpaired) electrons. The SMILES string of the molecule is O=C(c1ccc(C2CCC2)cc1)N1CCCC(O)(c2cn[nH]n2)C1. The number of aliphatic hydroxyl groups is 1. The summed E-state index contributed by atoms with van der Waals surface area (Å²) in [5.74, 6) is 0.637. The van der Waals surface area contributed by atoms with Gasteiger partial charge in [0.1, 0.15) is 11.3 Å². The summed E-state index contributed by atoms with van der Waals surface area (Å²) in [7, 11) is 0. The zero-order chi connectivity index (χ0) is 16.6. The van der Waals surface area contributed by atoms with Gasteiger partial charge in [-0.15, -0.1) is 0 Å². The molecule has 2 aromatic rings. The number of piperidine rings is 1. The number of rotatable bonds is 3. The molecule has 1 saturated heterocycles. The van der Waals surface area contributed by atoms with Gasteiger partial charge in [0.25, 0.3) is 5.91 Å². The van der Waals surface area contributed by atoms with Gasteiger partial charge < -0.3 is 10.0 Å². The van der Waals surface area contributed by atoms with Crippen LogP contribution in [0.25, 0.3) is 0 Å². The van der Waals surface area contributed by atoms with Gasteiger partial charge in [-0.1, -0.05) is 18.6 Å². The van der Waals surface area contributed by atoms with Crippen molar-refractivity contribution in [3.63, 3.8) is 0 Å². The van der Waals surface area contributed by atoms with Crippen molar-refractivity contribution in [3.8, 4) is 0 Å². The van der Waals surface area contributed by atoms with E-state index in [2.05, 4.69) is 27.5 Å². The molecule has 1 saturated carbocycles. The standard InChI is InChI=1S/C18H22N4O2/c23-17(15-7-5-14(6-8-15)13-3-1-4-13)22-10-2-9-18(24,12-22)16-11-19-21-20-16/h5-8,11,13,24H,1-4,9-10,12H2,(H,19,20,21). The van der Waals surface area contributed by atoms with E-state index in [9.17, 15) is 9.90 Å². The summed E-state index contributed by atoms with van der Waals surface area (Å²) in [6, 6.07) is 7.98. The summed E-state index contributed by atoms with van der Waals surface area (Å²) in [6.45, 7) is 0.909. The number of likely N-dealkylation sites (tertiary alicyclic amines) is 1. The first-order chi connectivity index (χ1) is 11.7. The minimum atomic E-state index is -1.12. The Morgan fingerprint density at radius 3 is 2.67 bits per heavy atom. The van der Waals surface area contributed by atoms with Crippen molar-refractivity contribution in [2.75, 3.05) is 13.1 Å². The average Bonchev–Trinajstić information content (AvgIpc) is 3.09. The van der Waals surface area contributed by atoms with Crippen molar-refractivity contribution in [1.82, 2.24) is 20.3 Å². The van der Waals surface area contributed by atoms with E-state index in [0.29, 0.717) is 30.1 Å². The number of amides is 1. The van der Waals surface area contributed by atoms with Crippen molar-refractivity contribution in [3.05, 3.63) is 47.3 Å². The van der Waals surface area contributed by atoms with Crippen LogP contribution in [0, 0.1) is 0 Å². The molecule has 1 aliphatic carbocycles. The van der Waals surface area contributed by atoms with Gasteiger partial charge in [0.05, 0.1) is 12.7 Å². The zero-order valence-corrected chi connectivity index (χ0v) is 13.6. The largest absolute Gasteiger partial charge is 0.382 e. The molecule has 1 aromatic heterocycles. The number of benzene rings is 1. The molecule has 1 unspecified atom stereocenters. The van der Waals surface area contributed by atoms with Crippen molar-refractivity contribution in [2.24, 2.45) is 0 Å². The lowest BCUT2D eigenvalue weighted by Crippen LogP contribution is -2.48. The Kier molecular flexibility index (Phi) is 3.84. The van der Waals surface area contributed by atoms with E-state index in [1.54, 1.807) is 4.90 Å². The second kappa shape index (κ2) is 6.02. The number of carbonyl (C=O) groups excluding carboxylic acids is 1. The molecule has 2 aliphatic rings. The molecule has 1 atom stereocenters. The summed E-state index contributed by atoms with van der Waals surface area (Å²) in [4.78, 5) is 14.5. The summed E-state index contributed by atoms with van der Waals surface area (Å²) in [5.41, 5.74) is 1.39. The Labute approximate surface area is 140 Å². The quantitative estimate of drug-likeness (QED) is 0.906. The Morgan fingerprint density at radius 1 is 1.25 bits per heavy atom. The molecular weight excluding hydrogens is 304 g/mol. The summed E-state index contributed by atoms with van der Waals surface area (Å²) in [5, 5.41) is 21.1. The van der Waals surface area contributed by atoms with Gasteiger partial charge in [0, 0.05) is 12.1 Å². The van der Waals surface area contributed by atoms with E-state index in [1.165, 1.54) is 31.0 Å². The fourth-order valence-electron chi connectivity index (χ4n) is 3.67. The molecule has 24 heavy (non-hydrogen) atoms. The van der Waals surface area contributed by atoms with Crippen LogP contribution >= 0.6 is 0 Å². The summed E-state index contributed by atoms with van der Waals surface area (Å²) < 4.78 is 0. The molecule has 1 aliphatic heterocycles. The van der Waals surface area contributed by atoms with Crippen molar-refractivity contribution in [2.45, 2.75) is 43.6 Å². The van der Waals surface area contributed by atoms with Crippen molar-refractivity contribution < 1.29 is 9.90 Å². The lowest BCUT2D eigenvalue weighted by Gasteiger charge is -2.38. The van der Waals surface area contributed by atoms with E-state index in [0.717, 1.165) is 6.42 Å². The third kappa shape index (κ3) is 2.71. The topological polar surface area (TPSA) is 82.1 Å². The van der Waals surface area contributed by atoms with Crippen LogP contribution in [0.3, 0.4) is 0 Å². The highest BCUT2D eigenvalue weighted by Gasteiger charge is 2.39. The van der Waals surface area contributed by atoms with Crippen molar-refractivity contribution in [1.29, 1.82) is 0 Å². The first-order valence-corrected chi connectivity index (χ1v) is 8.64. The minimum absolute atomic E-state index is 0.0308. The molecule has 126 valence electrons. The van der Waals surface area contributed by atoms with Gasteiger partial charge in [-0.2, -0.15) is 15.4 Å². The predicted octanol–water partition coefficient (Wildman–Crippen LogP) is 2.20. The second-order valence-corrected chi connectivity index (χ2v) is 6.97. The third-order valence-corrected chi connectivity index (χ3v) is 5.38. The Bertz CT molecular complexity index is 709. The average molecular weight is 326 g/mol. The highest BCUT2D eigenvalue weighted by atomic mass is 16.3. The van der Waals surface area contributed by atoms with Gasteiger partial charge in [-0.25, -0.2) is 0 Å². The zero-order valence-electron chi connectivity index (χ0n) is 13.6.